The van der Waals surface area contributed by atoms with E-state index in [1.54, 1.807) is 12.1 Å². The number of hydrogen-bond donors (Lipinski definition) is 4. The van der Waals surface area contributed by atoms with Gasteiger partial charge >= 0.3 is 5.97 Å². The monoisotopic (exact) mass is 484 g/mol. The lowest BCUT2D eigenvalue weighted by molar-refractivity contribution is -0.124. The van der Waals surface area contributed by atoms with Crippen LogP contribution in [0, 0.1) is 17.7 Å². The third-order valence-electron chi connectivity index (χ3n) is 7.90. The zero-order chi connectivity index (χ0) is 24.4. The number of carbonyl (C=O) groups is 2. The first kappa shape index (κ1) is 24.0. The number of halogens is 1. The van der Waals surface area contributed by atoms with Gasteiger partial charge in [-0.15, -0.1) is 0 Å². The van der Waals surface area contributed by atoms with Crippen LogP contribution in [0.2, 0.25) is 0 Å². The third kappa shape index (κ3) is 5.42. The lowest BCUT2D eigenvalue weighted by Crippen LogP contribution is -2.48. The first-order valence-electron chi connectivity index (χ1n) is 12.6. The van der Waals surface area contributed by atoms with Gasteiger partial charge < -0.3 is 14.8 Å². The van der Waals surface area contributed by atoms with E-state index in [9.17, 15) is 14.0 Å². The van der Waals surface area contributed by atoms with Gasteiger partial charge in [0.05, 0.1) is 6.54 Å². The van der Waals surface area contributed by atoms with Crippen molar-refractivity contribution in [2.45, 2.75) is 56.7 Å². The second-order valence-corrected chi connectivity index (χ2v) is 10.1. The predicted molar refractivity (Wildman–Crippen MR) is 127 cm³/mol. The number of aromatic carboxylic acids is 1. The number of carboxylic acids is 1. The summed E-state index contributed by atoms with van der Waals surface area (Å²) in [5.41, 5.74) is 7.26. The van der Waals surface area contributed by atoms with Gasteiger partial charge in [0.2, 0.25) is 11.7 Å². The minimum absolute atomic E-state index is 0.0124. The minimum Gasteiger partial charge on any atom is -0.475 e. The Labute approximate surface area is 204 Å². The Morgan fingerprint density at radius 1 is 1.09 bits per heavy atom. The van der Waals surface area contributed by atoms with Gasteiger partial charge in [0.15, 0.2) is 0 Å². The molecule has 4 atom stereocenters. The summed E-state index contributed by atoms with van der Waals surface area (Å²) in [4.78, 5) is 26.3. The summed E-state index contributed by atoms with van der Waals surface area (Å²) in [6.07, 6.45) is 4.55. The molecule has 1 aromatic heterocycles. The van der Waals surface area contributed by atoms with E-state index < -0.39 is 5.97 Å². The quantitative estimate of drug-likeness (QED) is 0.479. The number of carbonyl (C=O) groups excluding carboxylic acids is 1. The molecule has 4 N–H and O–H groups in total. The van der Waals surface area contributed by atoms with Crippen molar-refractivity contribution in [2.75, 3.05) is 19.6 Å². The van der Waals surface area contributed by atoms with Crippen LogP contribution < -0.4 is 16.2 Å². The molecule has 1 aliphatic carbocycles. The predicted octanol–water partition coefficient (Wildman–Crippen LogP) is 2.87. The van der Waals surface area contributed by atoms with Gasteiger partial charge in [0.1, 0.15) is 17.6 Å². The van der Waals surface area contributed by atoms with E-state index in [2.05, 4.69) is 21.1 Å². The van der Waals surface area contributed by atoms with Crippen molar-refractivity contribution in [2.24, 2.45) is 11.8 Å². The van der Waals surface area contributed by atoms with E-state index in [1.165, 1.54) is 12.1 Å². The summed E-state index contributed by atoms with van der Waals surface area (Å²) >= 11 is 0. The molecule has 0 bridgehead atoms. The van der Waals surface area contributed by atoms with Crippen molar-refractivity contribution in [3.05, 3.63) is 59.3 Å². The lowest BCUT2D eigenvalue weighted by atomic mass is 9.73. The van der Waals surface area contributed by atoms with E-state index in [0.717, 1.165) is 50.8 Å². The molecule has 9 heteroatoms. The van der Waals surface area contributed by atoms with E-state index >= 15 is 0 Å². The number of furan rings is 1. The molecule has 188 valence electrons. The molecule has 3 aliphatic rings. The van der Waals surface area contributed by atoms with E-state index in [1.807, 2.05) is 12.1 Å². The van der Waals surface area contributed by atoms with Gasteiger partial charge in [-0.1, -0.05) is 18.2 Å². The van der Waals surface area contributed by atoms with Crippen LogP contribution in [0.4, 0.5) is 4.39 Å². The number of carboxylic acid groups (broad SMARTS) is 1. The largest absolute Gasteiger partial charge is 0.475 e. The summed E-state index contributed by atoms with van der Waals surface area (Å²) in [7, 11) is 0. The lowest BCUT2D eigenvalue weighted by Gasteiger charge is -2.34. The average Bonchev–Trinajstić information content (AvgIpc) is 3.51. The molecule has 3 fully saturated rings. The van der Waals surface area contributed by atoms with Crippen molar-refractivity contribution >= 4 is 11.9 Å². The van der Waals surface area contributed by atoms with Crippen LogP contribution in [-0.4, -0.2) is 53.6 Å². The number of hydrazine groups is 1. The molecule has 1 aromatic carbocycles. The van der Waals surface area contributed by atoms with Crippen molar-refractivity contribution in [3.8, 4) is 0 Å². The smallest absolute Gasteiger partial charge is 0.371 e. The van der Waals surface area contributed by atoms with Crippen LogP contribution in [0.15, 0.2) is 40.8 Å². The highest BCUT2D eigenvalue weighted by molar-refractivity contribution is 5.84. The number of likely N-dealkylation sites (tertiary alicyclic amines) is 1. The Bertz CT molecular complexity index is 1050. The van der Waals surface area contributed by atoms with Crippen LogP contribution >= 0.6 is 0 Å². The highest BCUT2D eigenvalue weighted by Gasteiger charge is 2.44. The van der Waals surface area contributed by atoms with Gasteiger partial charge in [-0.2, -0.15) is 0 Å². The molecule has 2 aromatic rings. The highest BCUT2D eigenvalue weighted by atomic mass is 19.1. The Morgan fingerprint density at radius 2 is 1.89 bits per heavy atom. The normalized spacial score (nSPS) is 27.5. The summed E-state index contributed by atoms with van der Waals surface area (Å²) in [6, 6.07) is 10.1. The second kappa shape index (κ2) is 10.5. The SMILES string of the molecule is O=C(O)c1ccc(CN2CCC(CNC(=O)C3NNC4CCC(c5ccccc5F)CC43)CC2)o1. The Morgan fingerprint density at radius 3 is 2.63 bits per heavy atom. The molecule has 4 unspecified atom stereocenters. The minimum atomic E-state index is -1.06. The second-order valence-electron chi connectivity index (χ2n) is 10.1. The first-order valence-corrected chi connectivity index (χ1v) is 12.6. The summed E-state index contributed by atoms with van der Waals surface area (Å²) < 4.78 is 19.7. The van der Waals surface area contributed by atoms with E-state index in [-0.39, 0.29) is 41.4 Å². The third-order valence-corrected chi connectivity index (χ3v) is 7.90. The Kier molecular flexibility index (Phi) is 7.17. The van der Waals surface area contributed by atoms with Crippen LogP contribution in [0.25, 0.3) is 0 Å². The van der Waals surface area contributed by atoms with E-state index in [0.29, 0.717) is 24.8 Å². The molecule has 5 rings (SSSR count). The first-order chi connectivity index (χ1) is 17.0. The number of nitrogens with zero attached hydrogens (tertiary/aromatic N) is 1. The van der Waals surface area contributed by atoms with Gasteiger partial charge in [0.25, 0.3) is 0 Å². The summed E-state index contributed by atoms with van der Waals surface area (Å²) in [5, 5.41) is 12.2. The van der Waals surface area contributed by atoms with Crippen LogP contribution in [0.1, 0.15) is 59.9 Å². The zero-order valence-electron chi connectivity index (χ0n) is 19.7. The van der Waals surface area contributed by atoms with Crippen molar-refractivity contribution in [1.82, 2.24) is 21.1 Å². The maximum absolute atomic E-state index is 14.3. The zero-order valence-corrected chi connectivity index (χ0v) is 19.7. The highest BCUT2D eigenvalue weighted by Crippen LogP contribution is 2.40. The fourth-order valence-corrected chi connectivity index (χ4v) is 5.91. The van der Waals surface area contributed by atoms with Crippen LogP contribution in [0.5, 0.6) is 0 Å². The van der Waals surface area contributed by atoms with Crippen LogP contribution in [0.3, 0.4) is 0 Å². The number of amides is 1. The average molecular weight is 485 g/mol. The molecule has 0 radical (unpaired) electrons. The maximum atomic E-state index is 14.3. The number of fused-ring (bicyclic) bond motifs is 1. The standard InChI is InChI=1S/C26H33FN4O4/c27-21-4-2-1-3-19(21)17-5-7-22-20(13-17)24(30-29-22)25(32)28-14-16-9-11-31(12-10-16)15-18-6-8-23(35-18)26(33)34/h1-4,6,8,16-17,20,22,24,29-30H,5,7,9-15H2,(H,28,32)(H,33,34). The number of rotatable bonds is 7. The van der Waals surface area contributed by atoms with Gasteiger partial charge in [0, 0.05) is 18.5 Å². The maximum Gasteiger partial charge on any atom is 0.371 e. The molecule has 35 heavy (non-hydrogen) atoms. The van der Waals surface area contributed by atoms with Gasteiger partial charge in [-0.3, -0.25) is 15.1 Å². The number of benzene rings is 1. The fraction of sp³-hybridized carbons (Fsp3) is 0.538. The summed E-state index contributed by atoms with van der Waals surface area (Å²) in [6.45, 7) is 2.99. The van der Waals surface area contributed by atoms with Gasteiger partial charge in [-0.25, -0.2) is 14.6 Å². The molecule has 1 amide bonds. The Hall–Kier alpha value is -2.75. The summed E-state index contributed by atoms with van der Waals surface area (Å²) in [5.74, 6) is 0.107. The molecule has 2 saturated heterocycles. The molecule has 0 spiro atoms. The molecule has 8 nitrogen and oxygen atoms in total. The molecule has 3 heterocycles. The van der Waals surface area contributed by atoms with Crippen molar-refractivity contribution < 1.29 is 23.5 Å². The van der Waals surface area contributed by atoms with E-state index in [4.69, 9.17) is 9.52 Å². The number of nitrogens with one attached hydrogen (secondary N) is 3. The van der Waals surface area contributed by atoms with Crippen LogP contribution in [-0.2, 0) is 11.3 Å². The topological polar surface area (TPSA) is 107 Å². The molecule has 1 saturated carbocycles. The fourth-order valence-electron chi connectivity index (χ4n) is 5.91. The molecular formula is C26H33FN4O4. The van der Waals surface area contributed by atoms with Crippen molar-refractivity contribution in [1.29, 1.82) is 0 Å². The van der Waals surface area contributed by atoms with Crippen molar-refractivity contribution in [3.63, 3.8) is 0 Å². The van der Waals surface area contributed by atoms with Gasteiger partial charge in [-0.05, 0) is 80.8 Å². The Balaban J connectivity index is 1.08. The number of piperidine rings is 1. The number of hydrogen-bond acceptors (Lipinski definition) is 6. The molecule has 2 aliphatic heterocycles. The molecular weight excluding hydrogens is 451 g/mol.